The van der Waals surface area contributed by atoms with Crippen molar-refractivity contribution in [1.82, 2.24) is 20.3 Å². The van der Waals surface area contributed by atoms with Gasteiger partial charge < -0.3 is 16.8 Å². The molecule has 2 aromatic rings. The molecule has 0 radical (unpaired) electrons. The van der Waals surface area contributed by atoms with E-state index in [2.05, 4.69) is 34.4 Å². The summed E-state index contributed by atoms with van der Waals surface area (Å²) >= 11 is 3.16. The largest absolute Gasteiger partial charge is 0.375 e. The maximum absolute atomic E-state index is 11.7. The molecule has 164 valence electrons. The second-order valence-corrected chi connectivity index (χ2v) is 10.8. The number of thiazole rings is 2. The Hall–Kier alpha value is -1.78. The molecule has 0 spiro atoms. The van der Waals surface area contributed by atoms with Gasteiger partial charge in [-0.1, -0.05) is 13.8 Å². The number of nitrogens with one attached hydrogen (secondary N) is 1. The first-order chi connectivity index (χ1) is 14.5. The van der Waals surface area contributed by atoms with Crippen molar-refractivity contribution in [1.29, 1.82) is 0 Å². The third-order valence-electron chi connectivity index (χ3n) is 6.46. The average Bonchev–Trinajstić information content (AvgIpc) is 3.29. The van der Waals surface area contributed by atoms with Crippen molar-refractivity contribution in [2.45, 2.75) is 76.9 Å². The minimum Gasteiger partial charge on any atom is -0.375 e. The van der Waals surface area contributed by atoms with Crippen molar-refractivity contribution in [2.24, 2.45) is 11.2 Å². The summed E-state index contributed by atoms with van der Waals surface area (Å²) in [6.45, 7) is 5.09. The number of nitrogen functional groups attached to an aromatic ring is 2. The van der Waals surface area contributed by atoms with Gasteiger partial charge in [-0.3, -0.25) is 5.01 Å². The van der Waals surface area contributed by atoms with E-state index in [1.807, 2.05) is 0 Å². The number of hydrogen-bond donors (Lipinski definition) is 3. The second kappa shape index (κ2) is 9.15. The summed E-state index contributed by atoms with van der Waals surface area (Å²) in [5.74, 6) is 0.313. The number of anilines is 2. The summed E-state index contributed by atoms with van der Waals surface area (Å²) in [5, 5.41) is 10.3. The molecule has 0 saturated carbocycles. The van der Waals surface area contributed by atoms with E-state index >= 15 is 0 Å². The van der Waals surface area contributed by atoms with E-state index < -0.39 is 0 Å². The molecule has 30 heavy (non-hydrogen) atoms. The highest BCUT2D eigenvalue weighted by atomic mass is 32.1. The first kappa shape index (κ1) is 21.5. The fourth-order valence-corrected chi connectivity index (χ4v) is 6.74. The summed E-state index contributed by atoms with van der Waals surface area (Å²) in [5.41, 5.74) is 14.0. The van der Waals surface area contributed by atoms with E-state index in [0.717, 1.165) is 50.6 Å². The Morgan fingerprint density at radius 2 is 1.77 bits per heavy atom. The van der Waals surface area contributed by atoms with E-state index in [1.165, 1.54) is 15.4 Å². The summed E-state index contributed by atoms with van der Waals surface area (Å²) in [7, 11) is 0. The van der Waals surface area contributed by atoms with Crippen LogP contribution in [0.3, 0.4) is 0 Å². The molecule has 5 N–H and O–H groups in total. The predicted octanol–water partition coefficient (Wildman–Crippen LogP) is 3.17. The molecule has 0 aromatic carbocycles. The number of hydrogen-bond acceptors (Lipinski definition) is 9. The van der Waals surface area contributed by atoms with Crippen molar-refractivity contribution < 1.29 is 0 Å². The molecular formula is C20H31N7OS2. The molecule has 2 aromatic heterocycles. The highest BCUT2D eigenvalue weighted by Crippen LogP contribution is 2.31. The zero-order valence-corrected chi connectivity index (χ0v) is 19.3. The lowest BCUT2D eigenvalue weighted by molar-refractivity contribution is 0.141. The monoisotopic (exact) mass is 449 g/mol. The number of aromatic nitrogens is 2. The first-order valence-electron chi connectivity index (χ1n) is 10.8. The molecule has 2 aliphatic carbocycles. The third-order valence-corrected chi connectivity index (χ3v) is 8.36. The van der Waals surface area contributed by atoms with Crippen LogP contribution in [0.1, 0.15) is 54.3 Å². The van der Waals surface area contributed by atoms with Crippen LogP contribution in [0.4, 0.5) is 10.3 Å². The molecule has 2 aliphatic rings. The van der Waals surface area contributed by atoms with E-state index in [-0.39, 0.29) is 6.04 Å². The molecule has 0 fully saturated rings. The van der Waals surface area contributed by atoms with E-state index in [9.17, 15) is 4.91 Å². The van der Waals surface area contributed by atoms with Crippen molar-refractivity contribution in [2.75, 3.05) is 18.0 Å². The lowest BCUT2D eigenvalue weighted by atomic mass is 9.92. The average molecular weight is 450 g/mol. The number of nitrogens with zero attached hydrogens (tertiary/aromatic N) is 4. The number of nitroso groups, excluding NO2 is 1. The zero-order chi connectivity index (χ0) is 21.3. The zero-order valence-electron chi connectivity index (χ0n) is 17.6. The number of fused-ring (bicyclic) bond motifs is 2. The van der Waals surface area contributed by atoms with Gasteiger partial charge in [-0.25, -0.2) is 9.97 Å². The van der Waals surface area contributed by atoms with Gasteiger partial charge >= 0.3 is 0 Å². The van der Waals surface area contributed by atoms with E-state index in [4.69, 9.17) is 11.5 Å². The van der Waals surface area contributed by atoms with Gasteiger partial charge in [-0.15, -0.1) is 27.6 Å². The molecule has 0 aliphatic heterocycles. The molecular weight excluding hydrogens is 418 g/mol. The molecule has 0 saturated heterocycles. The van der Waals surface area contributed by atoms with E-state index in [1.54, 1.807) is 27.7 Å². The topological polar surface area (TPSA) is 123 Å². The van der Waals surface area contributed by atoms with Gasteiger partial charge in [0.25, 0.3) is 0 Å². The van der Waals surface area contributed by atoms with Crippen LogP contribution in [0.2, 0.25) is 0 Å². The summed E-state index contributed by atoms with van der Waals surface area (Å²) in [6.07, 6.45) is 6.64. The lowest BCUT2D eigenvalue weighted by Gasteiger charge is -2.35. The Kier molecular flexibility index (Phi) is 6.54. The molecule has 8 nitrogen and oxygen atoms in total. The first-order valence-corrected chi connectivity index (χ1v) is 12.4. The smallest absolute Gasteiger partial charge is 0.180 e. The normalized spacial score (nSPS) is 22.7. The standard InChI is InChI=1S/C20H31N7OS2/c1-3-14(23-12-4-6-15-17(8-12)29-19(21)24-15)11(2)10-27(26-28)13-5-7-16-18(9-13)30-20(22)25-16/h11-14,23H,3-10H2,1-2H3,(H2,21,24)(H2,22,25). The molecule has 4 unspecified atom stereocenters. The van der Waals surface area contributed by atoms with Crippen LogP contribution in [0.15, 0.2) is 5.29 Å². The van der Waals surface area contributed by atoms with Crippen LogP contribution >= 0.6 is 22.7 Å². The quantitative estimate of drug-likeness (QED) is 0.418. The number of nitrogens with two attached hydrogens (primary N) is 2. The number of rotatable bonds is 8. The maximum atomic E-state index is 11.7. The van der Waals surface area contributed by atoms with Gasteiger partial charge in [-0.2, -0.15) is 0 Å². The van der Waals surface area contributed by atoms with Gasteiger partial charge in [0, 0.05) is 34.8 Å². The molecule has 10 heteroatoms. The van der Waals surface area contributed by atoms with E-state index in [0.29, 0.717) is 34.8 Å². The minimum absolute atomic E-state index is 0.132. The van der Waals surface area contributed by atoms with Crippen LogP contribution in [0.5, 0.6) is 0 Å². The Morgan fingerprint density at radius 3 is 2.40 bits per heavy atom. The van der Waals surface area contributed by atoms with Gasteiger partial charge in [0.15, 0.2) is 10.3 Å². The van der Waals surface area contributed by atoms with Crippen LogP contribution < -0.4 is 16.8 Å². The second-order valence-electron chi connectivity index (χ2n) is 8.54. The molecule has 0 bridgehead atoms. The fourth-order valence-electron chi connectivity index (χ4n) is 4.83. The van der Waals surface area contributed by atoms with Crippen LogP contribution in [0, 0.1) is 10.8 Å². The molecule has 0 amide bonds. The van der Waals surface area contributed by atoms with Crippen molar-refractivity contribution in [3.63, 3.8) is 0 Å². The van der Waals surface area contributed by atoms with Crippen molar-refractivity contribution >= 4 is 32.9 Å². The Morgan fingerprint density at radius 1 is 1.13 bits per heavy atom. The van der Waals surface area contributed by atoms with Gasteiger partial charge in [0.05, 0.1) is 22.7 Å². The Labute approximate surface area is 185 Å². The highest BCUT2D eigenvalue weighted by Gasteiger charge is 2.31. The fraction of sp³-hybridized carbons (Fsp3) is 0.700. The molecule has 4 atom stereocenters. The van der Waals surface area contributed by atoms with Crippen molar-refractivity contribution in [3.05, 3.63) is 26.0 Å². The third kappa shape index (κ3) is 4.60. The molecule has 4 rings (SSSR count). The molecule has 2 heterocycles. The Balaban J connectivity index is 1.35. The van der Waals surface area contributed by atoms with Gasteiger partial charge in [-0.05, 0) is 44.4 Å². The lowest BCUT2D eigenvalue weighted by Crippen LogP contribution is -2.48. The van der Waals surface area contributed by atoms with Crippen LogP contribution in [0.25, 0.3) is 0 Å². The SMILES string of the molecule is CCC(NC1CCc2nc(N)sc2C1)C(C)CN(N=O)C1CCc2nc(N)sc2C1. The van der Waals surface area contributed by atoms with Crippen molar-refractivity contribution in [3.8, 4) is 0 Å². The van der Waals surface area contributed by atoms with Gasteiger partial charge in [0.2, 0.25) is 0 Å². The minimum atomic E-state index is 0.132. The maximum Gasteiger partial charge on any atom is 0.180 e. The number of aryl methyl sites for hydroxylation is 2. The van der Waals surface area contributed by atoms with Crippen LogP contribution in [-0.2, 0) is 25.7 Å². The van der Waals surface area contributed by atoms with Crippen LogP contribution in [-0.4, -0.2) is 39.6 Å². The summed E-state index contributed by atoms with van der Waals surface area (Å²) in [4.78, 5) is 23.1. The predicted molar refractivity (Wildman–Crippen MR) is 124 cm³/mol. The Bertz CT molecular complexity index is 883. The summed E-state index contributed by atoms with van der Waals surface area (Å²) in [6, 6.07) is 0.899. The summed E-state index contributed by atoms with van der Waals surface area (Å²) < 4.78 is 0. The highest BCUT2D eigenvalue weighted by molar-refractivity contribution is 7.15. The van der Waals surface area contributed by atoms with Gasteiger partial charge in [0.1, 0.15) is 0 Å².